The number of nitrogens with zero attached hydrogens (tertiary/aromatic N) is 1. The summed E-state index contributed by atoms with van der Waals surface area (Å²) >= 11 is 0. The zero-order valence-corrected chi connectivity index (χ0v) is 11.6. The number of para-hydroxylation sites is 1. The Hall–Kier alpha value is -1.82. The van der Waals surface area contributed by atoms with Crippen LogP contribution in [0.3, 0.4) is 0 Å². The van der Waals surface area contributed by atoms with Crippen LogP contribution in [0.2, 0.25) is 0 Å². The van der Waals surface area contributed by atoms with E-state index in [-0.39, 0.29) is 5.75 Å². The van der Waals surface area contributed by atoms with E-state index >= 15 is 0 Å². The minimum Gasteiger partial charge on any atom is -0.397 e. The maximum atomic E-state index is 11.0. The van der Waals surface area contributed by atoms with E-state index in [4.69, 9.17) is 5.73 Å². The van der Waals surface area contributed by atoms with Gasteiger partial charge in [0.1, 0.15) is 9.84 Å². The highest BCUT2D eigenvalue weighted by molar-refractivity contribution is 7.90. The molecule has 0 aliphatic carbocycles. The van der Waals surface area contributed by atoms with Gasteiger partial charge in [-0.05, 0) is 18.6 Å². The molecule has 0 bridgehead atoms. The van der Waals surface area contributed by atoms with E-state index in [1.807, 2.05) is 24.3 Å². The highest BCUT2D eigenvalue weighted by Crippen LogP contribution is 2.25. The molecule has 3 N–H and O–H groups in total. The van der Waals surface area contributed by atoms with Crippen molar-refractivity contribution < 1.29 is 8.42 Å². The van der Waals surface area contributed by atoms with E-state index in [0.29, 0.717) is 18.7 Å². The SMILES string of the molecule is CS(=O)(=O)CCCNc1ccnc2c(N)cccc12. The van der Waals surface area contributed by atoms with Crippen LogP contribution in [0, 0.1) is 0 Å². The van der Waals surface area contributed by atoms with E-state index in [2.05, 4.69) is 10.3 Å². The molecule has 0 saturated carbocycles. The minimum absolute atomic E-state index is 0.186. The molecule has 0 radical (unpaired) electrons. The van der Waals surface area contributed by atoms with Gasteiger partial charge in [-0.1, -0.05) is 12.1 Å². The van der Waals surface area contributed by atoms with Crippen LogP contribution in [-0.4, -0.2) is 32.0 Å². The Morgan fingerprint density at radius 1 is 1.32 bits per heavy atom. The molecule has 0 aliphatic heterocycles. The predicted octanol–water partition coefficient (Wildman–Crippen LogP) is 1.66. The van der Waals surface area contributed by atoms with E-state index in [1.54, 1.807) is 6.20 Å². The molecule has 0 atom stereocenters. The molecular formula is C13H17N3O2S. The van der Waals surface area contributed by atoms with Gasteiger partial charge < -0.3 is 11.1 Å². The summed E-state index contributed by atoms with van der Waals surface area (Å²) in [6, 6.07) is 7.49. The van der Waals surface area contributed by atoms with E-state index in [0.717, 1.165) is 16.6 Å². The highest BCUT2D eigenvalue weighted by atomic mass is 32.2. The van der Waals surface area contributed by atoms with Crippen molar-refractivity contribution in [2.75, 3.05) is 29.6 Å². The molecule has 19 heavy (non-hydrogen) atoms. The van der Waals surface area contributed by atoms with Crippen LogP contribution >= 0.6 is 0 Å². The Morgan fingerprint density at radius 2 is 2.11 bits per heavy atom. The molecule has 2 rings (SSSR count). The van der Waals surface area contributed by atoms with Gasteiger partial charge in [-0.25, -0.2) is 8.42 Å². The highest BCUT2D eigenvalue weighted by Gasteiger charge is 2.05. The van der Waals surface area contributed by atoms with Crippen LogP contribution < -0.4 is 11.1 Å². The van der Waals surface area contributed by atoms with Gasteiger partial charge in [0.25, 0.3) is 0 Å². The van der Waals surface area contributed by atoms with Crippen molar-refractivity contribution >= 4 is 32.1 Å². The van der Waals surface area contributed by atoms with E-state index in [1.165, 1.54) is 6.26 Å². The maximum absolute atomic E-state index is 11.0. The second-order valence-electron chi connectivity index (χ2n) is 4.51. The molecule has 1 aromatic carbocycles. The van der Waals surface area contributed by atoms with Crippen molar-refractivity contribution in [1.82, 2.24) is 4.98 Å². The van der Waals surface area contributed by atoms with Crippen molar-refractivity contribution in [3.8, 4) is 0 Å². The Bertz CT molecular complexity index is 683. The topological polar surface area (TPSA) is 85.1 Å². The van der Waals surface area contributed by atoms with Crippen molar-refractivity contribution in [1.29, 1.82) is 0 Å². The standard InChI is InChI=1S/C13H17N3O2S/c1-19(17,18)9-3-7-15-12-6-8-16-13-10(12)4-2-5-11(13)14/h2,4-6,8H,3,7,9,14H2,1H3,(H,15,16). The van der Waals surface area contributed by atoms with Crippen molar-refractivity contribution in [2.24, 2.45) is 0 Å². The summed E-state index contributed by atoms with van der Waals surface area (Å²) in [7, 11) is -2.90. The third-order valence-corrected chi connectivity index (χ3v) is 3.84. The molecule has 102 valence electrons. The van der Waals surface area contributed by atoms with Crippen LogP contribution in [0.5, 0.6) is 0 Å². The van der Waals surface area contributed by atoms with Gasteiger partial charge in [-0.3, -0.25) is 4.98 Å². The molecule has 0 spiro atoms. The summed E-state index contributed by atoms with van der Waals surface area (Å²) in [5.41, 5.74) is 8.19. The number of hydrogen-bond donors (Lipinski definition) is 2. The fraction of sp³-hybridized carbons (Fsp3) is 0.308. The van der Waals surface area contributed by atoms with Crippen molar-refractivity contribution in [2.45, 2.75) is 6.42 Å². The maximum Gasteiger partial charge on any atom is 0.147 e. The lowest BCUT2D eigenvalue weighted by Crippen LogP contribution is -2.10. The van der Waals surface area contributed by atoms with Gasteiger partial charge in [-0.2, -0.15) is 0 Å². The summed E-state index contributed by atoms with van der Waals surface area (Å²) in [5.74, 6) is 0.186. The number of sulfone groups is 1. The molecule has 1 aromatic heterocycles. The summed E-state index contributed by atoms with van der Waals surface area (Å²) in [6.07, 6.45) is 3.51. The third kappa shape index (κ3) is 3.57. The number of benzene rings is 1. The Morgan fingerprint density at radius 3 is 2.84 bits per heavy atom. The molecule has 0 aliphatic rings. The average molecular weight is 279 g/mol. The molecule has 6 heteroatoms. The summed E-state index contributed by atoms with van der Waals surface area (Å²) < 4.78 is 22.1. The largest absolute Gasteiger partial charge is 0.397 e. The minimum atomic E-state index is -2.90. The van der Waals surface area contributed by atoms with Gasteiger partial charge in [-0.15, -0.1) is 0 Å². The van der Waals surface area contributed by atoms with Crippen LogP contribution in [-0.2, 0) is 9.84 Å². The first-order valence-electron chi connectivity index (χ1n) is 6.02. The molecule has 0 fully saturated rings. The number of aromatic nitrogens is 1. The lowest BCUT2D eigenvalue weighted by Gasteiger charge is -2.10. The monoisotopic (exact) mass is 279 g/mol. The van der Waals surface area contributed by atoms with Gasteiger partial charge in [0, 0.05) is 30.1 Å². The zero-order chi connectivity index (χ0) is 13.9. The first kappa shape index (κ1) is 13.6. The third-order valence-electron chi connectivity index (χ3n) is 2.81. The lowest BCUT2D eigenvalue weighted by molar-refractivity contribution is 0.600. The van der Waals surface area contributed by atoms with E-state index < -0.39 is 9.84 Å². The average Bonchev–Trinajstić information content (AvgIpc) is 2.34. The van der Waals surface area contributed by atoms with Crippen LogP contribution in [0.1, 0.15) is 6.42 Å². The second-order valence-corrected chi connectivity index (χ2v) is 6.77. The summed E-state index contributed by atoms with van der Waals surface area (Å²) in [4.78, 5) is 4.25. The normalized spacial score (nSPS) is 11.6. The molecular weight excluding hydrogens is 262 g/mol. The van der Waals surface area contributed by atoms with Gasteiger partial charge >= 0.3 is 0 Å². The van der Waals surface area contributed by atoms with Crippen LogP contribution in [0.25, 0.3) is 10.9 Å². The molecule has 5 nitrogen and oxygen atoms in total. The summed E-state index contributed by atoms with van der Waals surface area (Å²) in [5, 5.41) is 4.17. The summed E-state index contributed by atoms with van der Waals surface area (Å²) in [6.45, 7) is 0.598. The second kappa shape index (κ2) is 5.44. The molecule has 0 amide bonds. The zero-order valence-electron chi connectivity index (χ0n) is 10.8. The molecule has 1 heterocycles. The van der Waals surface area contributed by atoms with Crippen LogP contribution in [0.15, 0.2) is 30.5 Å². The number of nitrogen functional groups attached to an aromatic ring is 1. The number of rotatable bonds is 5. The Labute approximate surface area is 112 Å². The first-order valence-corrected chi connectivity index (χ1v) is 8.08. The number of fused-ring (bicyclic) bond motifs is 1. The fourth-order valence-corrected chi connectivity index (χ4v) is 2.58. The first-order chi connectivity index (χ1) is 8.97. The number of nitrogens with one attached hydrogen (secondary N) is 1. The smallest absolute Gasteiger partial charge is 0.147 e. The molecule has 2 aromatic rings. The Balaban J connectivity index is 2.11. The van der Waals surface area contributed by atoms with Gasteiger partial charge in [0.05, 0.1) is 17.0 Å². The number of hydrogen-bond acceptors (Lipinski definition) is 5. The van der Waals surface area contributed by atoms with E-state index in [9.17, 15) is 8.42 Å². The van der Waals surface area contributed by atoms with Gasteiger partial charge in [0.2, 0.25) is 0 Å². The number of anilines is 2. The van der Waals surface area contributed by atoms with Crippen molar-refractivity contribution in [3.63, 3.8) is 0 Å². The Kier molecular flexibility index (Phi) is 3.90. The molecule has 0 saturated heterocycles. The number of pyridine rings is 1. The lowest BCUT2D eigenvalue weighted by atomic mass is 10.1. The number of nitrogens with two attached hydrogens (primary N) is 1. The predicted molar refractivity (Wildman–Crippen MR) is 79.0 cm³/mol. The fourth-order valence-electron chi connectivity index (χ4n) is 1.91. The quantitative estimate of drug-likeness (QED) is 0.642. The molecule has 0 unspecified atom stereocenters. The van der Waals surface area contributed by atoms with Crippen LogP contribution in [0.4, 0.5) is 11.4 Å². The van der Waals surface area contributed by atoms with Gasteiger partial charge in [0.15, 0.2) is 0 Å². The van der Waals surface area contributed by atoms with Crippen molar-refractivity contribution in [3.05, 3.63) is 30.5 Å².